The summed E-state index contributed by atoms with van der Waals surface area (Å²) in [5, 5.41) is 11.3. The third-order valence-corrected chi connectivity index (χ3v) is 2.54. The molecule has 2 aromatic rings. The number of hydrogen-bond donors (Lipinski definition) is 1. The predicted molar refractivity (Wildman–Crippen MR) is 56.5 cm³/mol. The van der Waals surface area contributed by atoms with Crippen molar-refractivity contribution >= 4 is 28.1 Å². The molecule has 4 nitrogen and oxygen atoms in total. The molecule has 2 rings (SSSR count). The van der Waals surface area contributed by atoms with Crippen LogP contribution in [0, 0.1) is 0 Å². The highest BCUT2D eigenvalue weighted by Crippen LogP contribution is 2.19. The highest BCUT2D eigenvalue weighted by Gasteiger charge is 2.00. The average Bonchev–Trinajstić information content (AvgIpc) is 2.63. The monoisotopic (exact) mass is 226 g/mol. The first-order valence-electron chi connectivity index (χ1n) is 3.96. The lowest BCUT2D eigenvalue weighted by atomic mass is 10.3. The summed E-state index contributed by atoms with van der Waals surface area (Å²) in [6.07, 6.45) is 3.54. The van der Waals surface area contributed by atoms with Crippen molar-refractivity contribution in [1.29, 1.82) is 0 Å². The molecule has 0 saturated carbocycles. The molecule has 0 atom stereocenters. The Labute approximate surface area is 90.0 Å². The van der Waals surface area contributed by atoms with Crippen molar-refractivity contribution in [1.82, 2.24) is 15.2 Å². The van der Waals surface area contributed by atoms with Crippen molar-refractivity contribution in [3.63, 3.8) is 0 Å². The van der Waals surface area contributed by atoms with Gasteiger partial charge in [0.1, 0.15) is 0 Å². The Bertz CT molecular complexity index is 403. The quantitative estimate of drug-likeness (QED) is 0.872. The van der Waals surface area contributed by atoms with Crippen molar-refractivity contribution in [2.45, 2.75) is 6.54 Å². The zero-order valence-corrected chi connectivity index (χ0v) is 8.72. The summed E-state index contributed by atoms with van der Waals surface area (Å²) in [7, 11) is 0. The molecule has 2 aromatic heterocycles. The van der Waals surface area contributed by atoms with Crippen LogP contribution in [0.3, 0.4) is 0 Å². The minimum atomic E-state index is 0.443. The normalized spacial score (nSPS) is 10.1. The van der Waals surface area contributed by atoms with Crippen LogP contribution in [0.5, 0.6) is 0 Å². The van der Waals surface area contributed by atoms with Crippen molar-refractivity contribution < 1.29 is 0 Å². The lowest BCUT2D eigenvalue weighted by Gasteiger charge is -2.00. The molecule has 0 amide bonds. The van der Waals surface area contributed by atoms with E-state index >= 15 is 0 Å². The Balaban J connectivity index is 1.95. The summed E-state index contributed by atoms with van der Waals surface area (Å²) >= 11 is 6.95. The van der Waals surface area contributed by atoms with Crippen molar-refractivity contribution in [2.24, 2.45) is 0 Å². The first kappa shape index (κ1) is 9.36. The summed E-state index contributed by atoms with van der Waals surface area (Å²) < 4.78 is 0.443. The van der Waals surface area contributed by atoms with Gasteiger partial charge in [0, 0.05) is 18.9 Å². The number of halogens is 1. The third kappa shape index (κ3) is 2.40. The van der Waals surface area contributed by atoms with E-state index in [1.165, 1.54) is 11.3 Å². The first-order chi connectivity index (χ1) is 6.84. The fraction of sp³-hybridized carbons (Fsp3) is 0.125. The molecule has 0 spiro atoms. The van der Waals surface area contributed by atoms with Crippen LogP contribution in [0.25, 0.3) is 0 Å². The van der Waals surface area contributed by atoms with Crippen molar-refractivity contribution in [2.75, 3.05) is 5.32 Å². The SMILES string of the molecule is Clc1nnc(NCc2cccnc2)s1. The van der Waals surface area contributed by atoms with E-state index in [1.807, 2.05) is 12.1 Å². The Hall–Kier alpha value is -1.20. The second-order valence-electron chi connectivity index (χ2n) is 2.57. The van der Waals surface area contributed by atoms with Gasteiger partial charge in [0.2, 0.25) is 9.60 Å². The average molecular weight is 227 g/mol. The molecule has 0 unspecified atom stereocenters. The van der Waals surface area contributed by atoms with Gasteiger partial charge >= 0.3 is 0 Å². The van der Waals surface area contributed by atoms with Gasteiger partial charge in [-0.2, -0.15) is 0 Å². The summed E-state index contributed by atoms with van der Waals surface area (Å²) in [6.45, 7) is 0.680. The number of rotatable bonds is 3. The van der Waals surface area contributed by atoms with Crippen LogP contribution in [0.4, 0.5) is 5.13 Å². The molecule has 72 valence electrons. The fourth-order valence-electron chi connectivity index (χ4n) is 0.957. The molecule has 0 aliphatic heterocycles. The molecule has 0 aliphatic rings. The van der Waals surface area contributed by atoms with E-state index in [-0.39, 0.29) is 0 Å². The molecule has 1 N–H and O–H groups in total. The van der Waals surface area contributed by atoms with Gasteiger partial charge in [0.05, 0.1) is 0 Å². The Kier molecular flexibility index (Phi) is 2.90. The molecule has 0 fully saturated rings. The van der Waals surface area contributed by atoms with Gasteiger partial charge < -0.3 is 5.32 Å². The minimum Gasteiger partial charge on any atom is -0.356 e. The van der Waals surface area contributed by atoms with Crippen LogP contribution >= 0.6 is 22.9 Å². The van der Waals surface area contributed by atoms with E-state index in [4.69, 9.17) is 11.6 Å². The number of hydrogen-bond acceptors (Lipinski definition) is 5. The number of anilines is 1. The van der Waals surface area contributed by atoms with Gasteiger partial charge in [-0.05, 0) is 23.2 Å². The highest BCUT2D eigenvalue weighted by atomic mass is 35.5. The Morgan fingerprint density at radius 3 is 3.00 bits per heavy atom. The largest absolute Gasteiger partial charge is 0.356 e. The van der Waals surface area contributed by atoms with E-state index in [9.17, 15) is 0 Å². The van der Waals surface area contributed by atoms with Gasteiger partial charge in [-0.3, -0.25) is 4.98 Å². The molecule has 0 saturated heterocycles. The van der Waals surface area contributed by atoms with Crippen LogP contribution in [-0.2, 0) is 6.54 Å². The van der Waals surface area contributed by atoms with E-state index in [1.54, 1.807) is 12.4 Å². The van der Waals surface area contributed by atoms with Crippen molar-refractivity contribution in [3.8, 4) is 0 Å². The maximum atomic E-state index is 5.63. The van der Waals surface area contributed by atoms with Crippen LogP contribution in [0.2, 0.25) is 4.47 Å². The number of pyridine rings is 1. The summed E-state index contributed by atoms with van der Waals surface area (Å²) in [6, 6.07) is 3.88. The maximum absolute atomic E-state index is 5.63. The smallest absolute Gasteiger partial charge is 0.208 e. The molecular weight excluding hydrogens is 220 g/mol. The van der Waals surface area contributed by atoms with E-state index in [2.05, 4.69) is 20.5 Å². The van der Waals surface area contributed by atoms with Gasteiger partial charge in [0.15, 0.2) is 0 Å². The van der Waals surface area contributed by atoms with Crippen molar-refractivity contribution in [3.05, 3.63) is 34.6 Å². The molecule has 0 bridgehead atoms. The number of nitrogens with zero attached hydrogens (tertiary/aromatic N) is 3. The van der Waals surface area contributed by atoms with Crippen LogP contribution in [-0.4, -0.2) is 15.2 Å². The second-order valence-corrected chi connectivity index (χ2v) is 4.13. The fourth-order valence-corrected chi connectivity index (χ4v) is 1.68. The zero-order valence-electron chi connectivity index (χ0n) is 7.14. The zero-order chi connectivity index (χ0) is 9.80. The summed E-state index contributed by atoms with van der Waals surface area (Å²) in [4.78, 5) is 4.00. The van der Waals surface area contributed by atoms with Gasteiger partial charge in [-0.1, -0.05) is 17.4 Å². The molecule has 0 aliphatic carbocycles. The number of nitrogens with one attached hydrogen (secondary N) is 1. The van der Waals surface area contributed by atoms with Crippen LogP contribution < -0.4 is 5.32 Å². The van der Waals surface area contributed by atoms with Gasteiger partial charge in [-0.25, -0.2) is 0 Å². The molecule has 6 heteroatoms. The minimum absolute atomic E-state index is 0.443. The molecule has 14 heavy (non-hydrogen) atoms. The maximum Gasteiger partial charge on any atom is 0.208 e. The lowest BCUT2D eigenvalue weighted by Crippen LogP contribution is -1.98. The van der Waals surface area contributed by atoms with Gasteiger partial charge in [0.25, 0.3) is 0 Å². The topological polar surface area (TPSA) is 50.7 Å². The summed E-state index contributed by atoms with van der Waals surface area (Å²) in [5.41, 5.74) is 1.10. The predicted octanol–water partition coefficient (Wildman–Crippen LogP) is 2.20. The van der Waals surface area contributed by atoms with E-state index in [0.717, 1.165) is 10.7 Å². The molecule has 0 radical (unpaired) electrons. The Morgan fingerprint density at radius 2 is 2.36 bits per heavy atom. The highest BCUT2D eigenvalue weighted by molar-refractivity contribution is 7.18. The standard InChI is InChI=1S/C8H7ClN4S/c9-7-12-13-8(14-7)11-5-6-2-1-3-10-4-6/h1-4H,5H2,(H,11,13). The first-order valence-corrected chi connectivity index (χ1v) is 5.16. The molecule has 2 heterocycles. The van der Waals surface area contributed by atoms with Gasteiger partial charge in [-0.15, -0.1) is 10.2 Å². The van der Waals surface area contributed by atoms with E-state index < -0.39 is 0 Å². The molecular formula is C8H7ClN4S. The summed E-state index contributed by atoms with van der Waals surface area (Å²) in [5.74, 6) is 0. The lowest BCUT2D eigenvalue weighted by molar-refractivity contribution is 1.04. The Morgan fingerprint density at radius 1 is 1.43 bits per heavy atom. The third-order valence-electron chi connectivity index (χ3n) is 1.57. The second kappa shape index (κ2) is 4.34. The van der Waals surface area contributed by atoms with Crippen LogP contribution in [0.15, 0.2) is 24.5 Å². The van der Waals surface area contributed by atoms with E-state index in [0.29, 0.717) is 11.0 Å². The number of aromatic nitrogens is 3. The van der Waals surface area contributed by atoms with Crippen LogP contribution in [0.1, 0.15) is 5.56 Å². The molecule has 0 aromatic carbocycles.